The number of nitrogens with zero attached hydrogens (tertiary/aromatic N) is 2. The Morgan fingerprint density at radius 2 is 2.29 bits per heavy atom. The average molecular weight is 233 g/mol. The van der Waals surface area contributed by atoms with Gasteiger partial charge in [0, 0.05) is 25.2 Å². The van der Waals surface area contributed by atoms with Crippen molar-refractivity contribution in [3.05, 3.63) is 29.6 Å². The number of likely N-dealkylation sites (tertiary alicyclic amines) is 1. The van der Waals surface area contributed by atoms with Gasteiger partial charge < -0.3 is 10.6 Å². The van der Waals surface area contributed by atoms with E-state index in [1.807, 2.05) is 37.1 Å². The van der Waals surface area contributed by atoms with Gasteiger partial charge in [0.25, 0.3) is 0 Å². The monoisotopic (exact) mass is 233 g/mol. The molecule has 0 radical (unpaired) electrons. The van der Waals surface area contributed by atoms with E-state index < -0.39 is 0 Å². The third-order valence-corrected chi connectivity index (χ3v) is 3.33. The molecule has 1 aromatic heterocycles. The fraction of sp³-hybridized carbons (Fsp3) is 0.538. The molecule has 2 N–H and O–H groups in total. The van der Waals surface area contributed by atoms with Gasteiger partial charge in [0.15, 0.2) is 0 Å². The Balaban J connectivity index is 2.32. The molecule has 1 aliphatic heterocycles. The Morgan fingerprint density at radius 3 is 2.88 bits per heavy atom. The molecule has 0 bridgehead atoms. The zero-order valence-corrected chi connectivity index (χ0v) is 10.4. The van der Waals surface area contributed by atoms with Gasteiger partial charge >= 0.3 is 0 Å². The van der Waals surface area contributed by atoms with Crippen molar-refractivity contribution in [2.75, 3.05) is 6.54 Å². The Labute approximate surface area is 102 Å². The van der Waals surface area contributed by atoms with Gasteiger partial charge in [-0.1, -0.05) is 6.07 Å². The number of likely N-dealkylation sites (N-methyl/N-ethyl adjacent to an activating group) is 1. The summed E-state index contributed by atoms with van der Waals surface area (Å²) in [6.45, 7) is 4.67. The molecular weight excluding hydrogens is 214 g/mol. The van der Waals surface area contributed by atoms with Crippen molar-refractivity contribution in [1.82, 2.24) is 9.88 Å². The molecule has 1 aliphatic rings. The second-order valence-corrected chi connectivity index (χ2v) is 4.59. The van der Waals surface area contributed by atoms with Crippen molar-refractivity contribution in [3.8, 4) is 0 Å². The van der Waals surface area contributed by atoms with E-state index in [1.54, 1.807) is 0 Å². The molecule has 2 rings (SSSR count). The lowest BCUT2D eigenvalue weighted by Gasteiger charge is -2.38. The zero-order valence-electron chi connectivity index (χ0n) is 10.4. The van der Waals surface area contributed by atoms with Gasteiger partial charge in [-0.05, 0) is 31.9 Å². The van der Waals surface area contributed by atoms with Crippen LogP contribution >= 0.6 is 0 Å². The van der Waals surface area contributed by atoms with Crippen LogP contribution in [0.5, 0.6) is 0 Å². The Hall–Kier alpha value is -1.42. The number of pyridine rings is 1. The van der Waals surface area contributed by atoms with Crippen LogP contribution in [-0.4, -0.2) is 28.4 Å². The summed E-state index contributed by atoms with van der Waals surface area (Å²) in [4.78, 5) is 18.1. The average Bonchev–Trinajstić information content (AvgIpc) is 2.33. The maximum atomic E-state index is 11.9. The topological polar surface area (TPSA) is 59.2 Å². The predicted molar refractivity (Wildman–Crippen MR) is 66.3 cm³/mol. The van der Waals surface area contributed by atoms with Crippen LogP contribution in [0, 0.1) is 6.92 Å². The van der Waals surface area contributed by atoms with E-state index in [-0.39, 0.29) is 18.0 Å². The minimum absolute atomic E-state index is 0.0112. The molecular formula is C13H19N3O. The third-order valence-electron chi connectivity index (χ3n) is 3.33. The summed E-state index contributed by atoms with van der Waals surface area (Å²) in [6, 6.07) is 3.91. The smallest absolute Gasteiger partial charge is 0.223 e. The first-order valence-electron chi connectivity index (χ1n) is 6.11. The Morgan fingerprint density at radius 1 is 1.53 bits per heavy atom. The normalized spacial score (nSPS) is 25.1. The van der Waals surface area contributed by atoms with E-state index in [0.717, 1.165) is 17.7 Å². The number of aryl methyl sites for hydroxylation is 1. The molecule has 2 heterocycles. The standard InChI is InChI=1S/C13H19N3O/c1-3-16-12(17)7-5-10(14)13(16)11-6-4-9(2)8-15-11/h4,6,8,10,13H,3,5,7,14H2,1-2H3. The van der Waals surface area contributed by atoms with Crippen molar-refractivity contribution in [2.24, 2.45) is 5.73 Å². The van der Waals surface area contributed by atoms with E-state index in [0.29, 0.717) is 13.0 Å². The van der Waals surface area contributed by atoms with Crippen molar-refractivity contribution in [1.29, 1.82) is 0 Å². The minimum Gasteiger partial charge on any atom is -0.333 e. The summed E-state index contributed by atoms with van der Waals surface area (Å²) in [7, 11) is 0. The highest BCUT2D eigenvalue weighted by Crippen LogP contribution is 2.29. The quantitative estimate of drug-likeness (QED) is 0.840. The van der Waals surface area contributed by atoms with Crippen LogP contribution in [0.25, 0.3) is 0 Å². The lowest BCUT2D eigenvalue weighted by Crippen LogP contribution is -2.48. The zero-order chi connectivity index (χ0) is 12.4. The first kappa shape index (κ1) is 12.0. The summed E-state index contributed by atoms with van der Waals surface area (Å²) in [5.41, 5.74) is 8.16. The summed E-state index contributed by atoms with van der Waals surface area (Å²) in [6.07, 6.45) is 3.13. The van der Waals surface area contributed by atoms with E-state index in [1.165, 1.54) is 0 Å². The van der Waals surface area contributed by atoms with Crippen LogP contribution in [-0.2, 0) is 4.79 Å². The van der Waals surface area contributed by atoms with Crippen molar-refractivity contribution in [2.45, 2.75) is 38.8 Å². The molecule has 1 amide bonds. The maximum Gasteiger partial charge on any atom is 0.223 e. The first-order valence-corrected chi connectivity index (χ1v) is 6.11. The number of hydrogen-bond acceptors (Lipinski definition) is 3. The van der Waals surface area contributed by atoms with Crippen LogP contribution in [0.4, 0.5) is 0 Å². The largest absolute Gasteiger partial charge is 0.333 e. The van der Waals surface area contributed by atoms with Crippen molar-refractivity contribution < 1.29 is 4.79 Å². The van der Waals surface area contributed by atoms with Crippen LogP contribution in [0.2, 0.25) is 0 Å². The number of nitrogens with two attached hydrogens (primary N) is 1. The third kappa shape index (κ3) is 2.31. The van der Waals surface area contributed by atoms with Gasteiger partial charge in [-0.2, -0.15) is 0 Å². The molecule has 0 aliphatic carbocycles. The van der Waals surface area contributed by atoms with Crippen LogP contribution < -0.4 is 5.73 Å². The summed E-state index contributed by atoms with van der Waals surface area (Å²) in [5, 5.41) is 0. The van der Waals surface area contributed by atoms with Crippen LogP contribution in [0.1, 0.15) is 37.1 Å². The van der Waals surface area contributed by atoms with Crippen molar-refractivity contribution in [3.63, 3.8) is 0 Å². The molecule has 0 saturated carbocycles. The van der Waals surface area contributed by atoms with E-state index in [2.05, 4.69) is 4.98 Å². The number of carbonyl (C=O) groups is 1. The summed E-state index contributed by atoms with van der Waals surface area (Å²) < 4.78 is 0. The molecule has 0 spiro atoms. The van der Waals surface area contributed by atoms with E-state index in [9.17, 15) is 4.79 Å². The highest BCUT2D eigenvalue weighted by atomic mass is 16.2. The number of rotatable bonds is 2. The highest BCUT2D eigenvalue weighted by molar-refractivity contribution is 5.77. The maximum absolute atomic E-state index is 11.9. The SMILES string of the molecule is CCN1C(=O)CCC(N)C1c1ccc(C)cn1. The Bertz CT molecular complexity index is 402. The molecule has 92 valence electrons. The van der Waals surface area contributed by atoms with Gasteiger partial charge in [0.1, 0.15) is 0 Å². The minimum atomic E-state index is -0.0677. The number of hydrogen-bond donors (Lipinski definition) is 1. The fourth-order valence-corrected chi connectivity index (χ4v) is 2.38. The van der Waals surface area contributed by atoms with Gasteiger partial charge in [0.2, 0.25) is 5.91 Å². The molecule has 2 atom stereocenters. The van der Waals surface area contributed by atoms with Gasteiger partial charge in [-0.15, -0.1) is 0 Å². The predicted octanol–water partition coefficient (Wildman–Crippen LogP) is 1.40. The second kappa shape index (κ2) is 4.84. The first-order chi connectivity index (χ1) is 8.13. The molecule has 1 saturated heterocycles. The highest BCUT2D eigenvalue weighted by Gasteiger charge is 2.34. The van der Waals surface area contributed by atoms with Gasteiger partial charge in [-0.3, -0.25) is 9.78 Å². The fourth-order valence-electron chi connectivity index (χ4n) is 2.38. The summed E-state index contributed by atoms with van der Waals surface area (Å²) in [5.74, 6) is 0.182. The molecule has 1 aromatic rings. The molecule has 2 unspecified atom stereocenters. The lowest BCUT2D eigenvalue weighted by atomic mass is 9.93. The molecule has 17 heavy (non-hydrogen) atoms. The van der Waals surface area contributed by atoms with Gasteiger partial charge in [0.05, 0.1) is 11.7 Å². The number of carbonyl (C=O) groups excluding carboxylic acids is 1. The molecule has 4 nitrogen and oxygen atoms in total. The second-order valence-electron chi connectivity index (χ2n) is 4.59. The lowest BCUT2D eigenvalue weighted by molar-refractivity contribution is -0.137. The summed E-state index contributed by atoms with van der Waals surface area (Å²) >= 11 is 0. The molecule has 1 fully saturated rings. The Kier molecular flexibility index (Phi) is 3.43. The number of amides is 1. The van der Waals surface area contributed by atoms with E-state index in [4.69, 9.17) is 5.73 Å². The van der Waals surface area contributed by atoms with Crippen LogP contribution in [0.3, 0.4) is 0 Å². The van der Waals surface area contributed by atoms with Crippen molar-refractivity contribution >= 4 is 5.91 Å². The van der Waals surface area contributed by atoms with Crippen LogP contribution in [0.15, 0.2) is 18.3 Å². The molecule has 0 aromatic carbocycles. The number of piperidine rings is 1. The van der Waals surface area contributed by atoms with E-state index >= 15 is 0 Å². The van der Waals surface area contributed by atoms with Gasteiger partial charge in [-0.25, -0.2) is 0 Å². The number of aromatic nitrogens is 1. The molecule has 4 heteroatoms.